The standard InChI is InChI=1S/C16H21N3O3S/c1-3-16(21)18-13-4-6-15(7-5-13)23(22)19-10-8-14(9-11-19)17-12(2)20/h3-7,14H,1,8-11H2,2H3,(H,17,20)(H,18,21). The number of carbonyl (C=O) groups is 2. The second-order valence-electron chi connectivity index (χ2n) is 5.37. The van der Waals surface area contributed by atoms with Crippen LogP contribution in [0, 0.1) is 0 Å². The molecule has 2 N–H and O–H groups in total. The van der Waals surface area contributed by atoms with Crippen molar-refractivity contribution < 1.29 is 13.8 Å². The quantitative estimate of drug-likeness (QED) is 0.799. The predicted molar refractivity (Wildman–Crippen MR) is 90.1 cm³/mol. The molecule has 0 spiro atoms. The summed E-state index contributed by atoms with van der Waals surface area (Å²) in [6, 6.07) is 7.10. The van der Waals surface area contributed by atoms with Crippen LogP contribution in [0.5, 0.6) is 0 Å². The van der Waals surface area contributed by atoms with Gasteiger partial charge in [0.25, 0.3) is 0 Å². The van der Waals surface area contributed by atoms with E-state index in [0.29, 0.717) is 23.7 Å². The Balaban J connectivity index is 1.92. The van der Waals surface area contributed by atoms with Gasteiger partial charge in [-0.2, -0.15) is 0 Å². The van der Waals surface area contributed by atoms with Crippen LogP contribution in [0.15, 0.2) is 41.8 Å². The zero-order valence-electron chi connectivity index (χ0n) is 13.1. The van der Waals surface area contributed by atoms with E-state index < -0.39 is 11.0 Å². The molecule has 1 aliphatic heterocycles. The van der Waals surface area contributed by atoms with Gasteiger partial charge in [0.15, 0.2) is 0 Å². The van der Waals surface area contributed by atoms with Crippen LogP contribution in [-0.2, 0) is 20.6 Å². The van der Waals surface area contributed by atoms with Gasteiger partial charge in [-0.15, -0.1) is 0 Å². The molecule has 6 nitrogen and oxygen atoms in total. The lowest BCUT2D eigenvalue weighted by Gasteiger charge is -2.31. The fourth-order valence-corrected chi connectivity index (χ4v) is 3.66. The van der Waals surface area contributed by atoms with Gasteiger partial charge in [-0.25, -0.2) is 8.51 Å². The van der Waals surface area contributed by atoms with Crippen LogP contribution >= 0.6 is 0 Å². The Morgan fingerprint density at radius 2 is 1.87 bits per heavy atom. The number of anilines is 1. The third kappa shape index (κ3) is 5.01. The summed E-state index contributed by atoms with van der Waals surface area (Å²) in [7, 11) is -1.23. The number of hydrogen-bond acceptors (Lipinski definition) is 3. The molecule has 2 amide bonds. The summed E-state index contributed by atoms with van der Waals surface area (Å²) in [5, 5.41) is 5.55. The molecular formula is C16H21N3O3S. The van der Waals surface area contributed by atoms with E-state index in [1.165, 1.54) is 13.0 Å². The Kier molecular flexibility index (Phi) is 6.06. The summed E-state index contributed by atoms with van der Waals surface area (Å²) in [5.41, 5.74) is 0.639. The van der Waals surface area contributed by atoms with Crippen molar-refractivity contribution in [2.24, 2.45) is 0 Å². The van der Waals surface area contributed by atoms with E-state index in [1.54, 1.807) is 24.3 Å². The number of benzene rings is 1. The SMILES string of the molecule is C=CC(=O)Nc1ccc(S(=O)N2CCC(NC(C)=O)CC2)cc1. The van der Waals surface area contributed by atoms with E-state index in [4.69, 9.17) is 0 Å². The second kappa shape index (κ2) is 8.03. The minimum Gasteiger partial charge on any atom is -0.354 e. The maximum atomic E-state index is 12.6. The molecule has 1 atom stereocenters. The Bertz CT molecular complexity index is 608. The number of hydrogen-bond donors (Lipinski definition) is 2. The van der Waals surface area contributed by atoms with Crippen molar-refractivity contribution in [3.8, 4) is 0 Å². The normalized spacial score (nSPS) is 17.3. The molecule has 1 unspecified atom stereocenters. The average molecular weight is 335 g/mol. The number of piperidine rings is 1. The summed E-state index contributed by atoms with van der Waals surface area (Å²) < 4.78 is 14.5. The van der Waals surface area contributed by atoms with Crippen LogP contribution in [0.2, 0.25) is 0 Å². The first kappa shape index (κ1) is 17.4. The lowest BCUT2D eigenvalue weighted by molar-refractivity contribution is -0.119. The fourth-order valence-electron chi connectivity index (χ4n) is 2.45. The maximum Gasteiger partial charge on any atom is 0.247 e. The lowest BCUT2D eigenvalue weighted by Crippen LogP contribution is -2.44. The molecule has 124 valence electrons. The highest BCUT2D eigenvalue weighted by atomic mass is 32.2. The minimum absolute atomic E-state index is 0.0262. The van der Waals surface area contributed by atoms with Crippen LogP contribution < -0.4 is 10.6 Å². The Hall–Kier alpha value is -1.99. The van der Waals surface area contributed by atoms with Crippen molar-refractivity contribution in [2.75, 3.05) is 18.4 Å². The van der Waals surface area contributed by atoms with E-state index in [1.807, 2.05) is 4.31 Å². The van der Waals surface area contributed by atoms with Gasteiger partial charge in [-0.05, 0) is 43.2 Å². The third-order valence-corrected chi connectivity index (χ3v) is 5.11. The molecular weight excluding hydrogens is 314 g/mol. The summed E-state index contributed by atoms with van der Waals surface area (Å²) in [4.78, 5) is 23.0. The first-order chi connectivity index (χ1) is 11.0. The molecule has 1 saturated heterocycles. The number of carbonyl (C=O) groups excluding carboxylic acids is 2. The third-order valence-electron chi connectivity index (χ3n) is 3.60. The van der Waals surface area contributed by atoms with Crippen LogP contribution in [0.3, 0.4) is 0 Å². The summed E-state index contributed by atoms with van der Waals surface area (Å²) in [6.45, 7) is 6.25. The second-order valence-corrected chi connectivity index (χ2v) is 6.86. The Labute approximate surface area is 138 Å². The molecule has 1 aliphatic rings. The molecule has 0 radical (unpaired) electrons. The topological polar surface area (TPSA) is 78.5 Å². The predicted octanol–water partition coefficient (Wildman–Crippen LogP) is 1.43. The molecule has 1 fully saturated rings. The molecule has 23 heavy (non-hydrogen) atoms. The van der Waals surface area contributed by atoms with Gasteiger partial charge < -0.3 is 10.6 Å². The highest BCUT2D eigenvalue weighted by Gasteiger charge is 2.24. The number of rotatable bonds is 5. The number of nitrogens with zero attached hydrogens (tertiary/aromatic N) is 1. The van der Waals surface area contributed by atoms with Crippen LogP contribution in [-0.4, -0.2) is 39.5 Å². The Morgan fingerprint density at radius 3 is 2.39 bits per heavy atom. The molecule has 0 aliphatic carbocycles. The largest absolute Gasteiger partial charge is 0.354 e. The zero-order valence-corrected chi connectivity index (χ0v) is 13.9. The van der Waals surface area contributed by atoms with Crippen LogP contribution in [0.4, 0.5) is 5.69 Å². The van der Waals surface area contributed by atoms with E-state index in [0.717, 1.165) is 12.8 Å². The molecule has 1 heterocycles. The fraction of sp³-hybridized carbons (Fsp3) is 0.375. The van der Waals surface area contributed by atoms with E-state index >= 15 is 0 Å². The summed E-state index contributed by atoms with van der Waals surface area (Å²) >= 11 is 0. The number of amides is 2. The summed E-state index contributed by atoms with van der Waals surface area (Å²) in [5.74, 6) is -0.305. The molecule has 0 saturated carbocycles. The van der Waals surface area contributed by atoms with Crippen molar-refractivity contribution in [2.45, 2.75) is 30.7 Å². The monoisotopic (exact) mass is 335 g/mol. The molecule has 1 aromatic carbocycles. The molecule has 7 heteroatoms. The molecule has 1 aromatic rings. The molecule has 2 rings (SSSR count). The van der Waals surface area contributed by atoms with Crippen molar-refractivity contribution in [1.29, 1.82) is 0 Å². The smallest absolute Gasteiger partial charge is 0.247 e. The van der Waals surface area contributed by atoms with E-state index in [-0.39, 0.29) is 17.9 Å². The molecule has 0 bridgehead atoms. The van der Waals surface area contributed by atoms with Crippen molar-refractivity contribution >= 4 is 28.5 Å². The minimum atomic E-state index is -1.23. The number of nitrogens with one attached hydrogen (secondary N) is 2. The van der Waals surface area contributed by atoms with Gasteiger partial charge in [0.2, 0.25) is 11.8 Å². The van der Waals surface area contributed by atoms with Crippen LogP contribution in [0.1, 0.15) is 19.8 Å². The van der Waals surface area contributed by atoms with Gasteiger partial charge in [0, 0.05) is 31.7 Å². The van der Waals surface area contributed by atoms with Gasteiger partial charge in [0.1, 0.15) is 11.0 Å². The van der Waals surface area contributed by atoms with Crippen LogP contribution in [0.25, 0.3) is 0 Å². The highest BCUT2D eigenvalue weighted by molar-refractivity contribution is 7.82. The highest BCUT2D eigenvalue weighted by Crippen LogP contribution is 2.19. The lowest BCUT2D eigenvalue weighted by atomic mass is 10.1. The maximum absolute atomic E-state index is 12.6. The van der Waals surface area contributed by atoms with Crippen molar-refractivity contribution in [3.63, 3.8) is 0 Å². The first-order valence-corrected chi connectivity index (χ1v) is 8.57. The molecule has 0 aromatic heterocycles. The summed E-state index contributed by atoms with van der Waals surface area (Å²) in [6.07, 6.45) is 2.78. The van der Waals surface area contributed by atoms with Gasteiger partial charge >= 0.3 is 0 Å². The van der Waals surface area contributed by atoms with E-state index in [2.05, 4.69) is 17.2 Å². The van der Waals surface area contributed by atoms with Gasteiger partial charge in [-0.1, -0.05) is 6.58 Å². The van der Waals surface area contributed by atoms with Crippen molar-refractivity contribution in [1.82, 2.24) is 9.62 Å². The first-order valence-electron chi connectivity index (χ1n) is 7.47. The van der Waals surface area contributed by atoms with E-state index in [9.17, 15) is 13.8 Å². The van der Waals surface area contributed by atoms with Gasteiger partial charge in [-0.3, -0.25) is 9.59 Å². The Morgan fingerprint density at radius 1 is 1.26 bits per heavy atom. The zero-order chi connectivity index (χ0) is 16.8. The van der Waals surface area contributed by atoms with Gasteiger partial charge in [0.05, 0.1) is 4.90 Å². The van der Waals surface area contributed by atoms with Crippen molar-refractivity contribution in [3.05, 3.63) is 36.9 Å². The average Bonchev–Trinajstić information content (AvgIpc) is 2.55.